The lowest BCUT2D eigenvalue weighted by Crippen LogP contribution is -2.44. The van der Waals surface area contributed by atoms with Crippen LogP contribution >= 0.6 is 0 Å². The largest absolute Gasteiger partial charge is 0.356 e. The minimum Gasteiger partial charge on any atom is -0.356 e. The first kappa shape index (κ1) is 17.6. The van der Waals surface area contributed by atoms with Crippen molar-refractivity contribution in [3.63, 3.8) is 0 Å². The summed E-state index contributed by atoms with van der Waals surface area (Å²) < 4.78 is 6.17. The maximum atomic E-state index is 13.5. The molecule has 1 N–H and O–H groups in total. The first-order valence-corrected chi connectivity index (χ1v) is 9.07. The summed E-state index contributed by atoms with van der Waals surface area (Å²) in [4.78, 5) is 15.4. The van der Waals surface area contributed by atoms with E-state index in [1.54, 1.807) is 0 Å². The van der Waals surface area contributed by atoms with Crippen LogP contribution in [-0.4, -0.2) is 32.1 Å². The van der Waals surface area contributed by atoms with E-state index in [0.717, 1.165) is 36.3 Å². The van der Waals surface area contributed by atoms with Gasteiger partial charge >= 0.3 is 0 Å². The molecule has 3 rings (SSSR count). The zero-order valence-corrected chi connectivity index (χ0v) is 15.0. The molecule has 1 aliphatic heterocycles. The van der Waals surface area contributed by atoms with Crippen molar-refractivity contribution in [3.8, 4) is 0 Å². The molecule has 0 saturated heterocycles. The third kappa shape index (κ3) is 3.08. The molecule has 0 fully saturated rings. The van der Waals surface area contributed by atoms with E-state index in [2.05, 4.69) is 12.2 Å². The summed E-state index contributed by atoms with van der Waals surface area (Å²) in [7, 11) is 0. The van der Waals surface area contributed by atoms with Gasteiger partial charge in [-0.05, 0) is 38.1 Å². The van der Waals surface area contributed by atoms with E-state index in [4.69, 9.17) is 4.74 Å². The highest BCUT2D eigenvalue weighted by atomic mass is 16.5. The van der Waals surface area contributed by atoms with Crippen LogP contribution in [0.15, 0.2) is 54.6 Å². The Labute approximate surface area is 149 Å². The summed E-state index contributed by atoms with van der Waals surface area (Å²) in [5.74, 6) is 0.0123. The molecule has 4 heteroatoms. The molecule has 1 heterocycles. The van der Waals surface area contributed by atoms with Crippen molar-refractivity contribution >= 4 is 11.6 Å². The number of para-hydroxylation sites is 1. The Bertz CT molecular complexity index is 717. The third-order valence-electron chi connectivity index (χ3n) is 4.65. The Morgan fingerprint density at radius 1 is 1.04 bits per heavy atom. The van der Waals surface area contributed by atoms with Gasteiger partial charge in [0.25, 0.3) is 5.91 Å². The Hall–Kier alpha value is -2.17. The predicted molar refractivity (Wildman–Crippen MR) is 101 cm³/mol. The molecule has 2 aromatic carbocycles. The van der Waals surface area contributed by atoms with Gasteiger partial charge in [-0.25, -0.2) is 0 Å². The number of carbonyl (C=O) groups excluding carboxylic acids is 1. The Balaban J connectivity index is 2.02. The number of ether oxygens (including phenoxy) is 1. The Morgan fingerprint density at radius 2 is 1.76 bits per heavy atom. The lowest BCUT2D eigenvalue weighted by molar-refractivity contribution is -0.137. The summed E-state index contributed by atoms with van der Waals surface area (Å²) in [5, 5.41) is 3.32. The second-order valence-corrected chi connectivity index (χ2v) is 6.16. The number of carbonyl (C=O) groups is 1. The van der Waals surface area contributed by atoms with Gasteiger partial charge in [-0.15, -0.1) is 0 Å². The fourth-order valence-corrected chi connectivity index (χ4v) is 3.57. The average Bonchev–Trinajstić information content (AvgIpc) is 2.89. The van der Waals surface area contributed by atoms with E-state index in [1.165, 1.54) is 0 Å². The normalized spacial score (nSPS) is 19.3. The SMILES string of the molecule is CCNCCCN1C(=O)C(OCC)(c2ccccc2)c2ccccc21. The van der Waals surface area contributed by atoms with E-state index in [9.17, 15) is 4.79 Å². The first-order valence-electron chi connectivity index (χ1n) is 9.07. The van der Waals surface area contributed by atoms with Gasteiger partial charge in [0.1, 0.15) is 0 Å². The van der Waals surface area contributed by atoms with Crippen LogP contribution in [0.4, 0.5) is 5.69 Å². The van der Waals surface area contributed by atoms with Crippen LogP contribution in [0, 0.1) is 0 Å². The molecule has 2 aromatic rings. The van der Waals surface area contributed by atoms with Crippen LogP contribution in [-0.2, 0) is 15.1 Å². The van der Waals surface area contributed by atoms with Crippen molar-refractivity contribution in [3.05, 3.63) is 65.7 Å². The maximum absolute atomic E-state index is 13.5. The van der Waals surface area contributed by atoms with Crippen LogP contribution in [0.1, 0.15) is 31.4 Å². The number of hydrogen-bond donors (Lipinski definition) is 1. The average molecular weight is 338 g/mol. The standard InChI is InChI=1S/C21H26N2O2/c1-3-22-15-10-16-23-19-14-9-8-13-18(19)21(20(23)24,25-4-2)17-11-6-5-7-12-17/h5-9,11-14,22H,3-4,10,15-16H2,1-2H3. The predicted octanol–water partition coefficient (Wildman–Crippen LogP) is 3.31. The maximum Gasteiger partial charge on any atom is 0.268 e. The van der Waals surface area contributed by atoms with Crippen molar-refractivity contribution in [1.82, 2.24) is 5.32 Å². The fraction of sp³-hybridized carbons (Fsp3) is 0.381. The zero-order chi connectivity index (χ0) is 17.7. The Morgan fingerprint density at radius 3 is 2.48 bits per heavy atom. The Kier molecular flexibility index (Phi) is 5.51. The van der Waals surface area contributed by atoms with Gasteiger partial charge in [0.2, 0.25) is 0 Å². The van der Waals surface area contributed by atoms with Crippen molar-refractivity contribution in [2.75, 3.05) is 31.1 Å². The van der Waals surface area contributed by atoms with Crippen molar-refractivity contribution in [2.45, 2.75) is 25.9 Å². The molecule has 1 unspecified atom stereocenters. The van der Waals surface area contributed by atoms with Crippen molar-refractivity contribution in [2.24, 2.45) is 0 Å². The summed E-state index contributed by atoms with van der Waals surface area (Å²) in [6.07, 6.45) is 0.908. The first-order chi connectivity index (χ1) is 12.3. The van der Waals surface area contributed by atoms with Gasteiger partial charge in [0.15, 0.2) is 5.60 Å². The highest BCUT2D eigenvalue weighted by Crippen LogP contribution is 2.46. The molecular formula is C21H26N2O2. The van der Waals surface area contributed by atoms with Gasteiger partial charge in [-0.3, -0.25) is 4.79 Å². The molecule has 0 aliphatic carbocycles. The molecule has 25 heavy (non-hydrogen) atoms. The van der Waals surface area contributed by atoms with Crippen LogP contribution in [0.5, 0.6) is 0 Å². The minimum atomic E-state index is -1.04. The number of rotatable bonds is 8. The molecule has 4 nitrogen and oxygen atoms in total. The molecule has 1 amide bonds. The monoisotopic (exact) mass is 338 g/mol. The second-order valence-electron chi connectivity index (χ2n) is 6.16. The van der Waals surface area contributed by atoms with Gasteiger partial charge in [0, 0.05) is 18.7 Å². The summed E-state index contributed by atoms with van der Waals surface area (Å²) in [5.41, 5.74) is 1.76. The molecule has 0 bridgehead atoms. The van der Waals surface area contributed by atoms with E-state index in [-0.39, 0.29) is 5.91 Å². The number of fused-ring (bicyclic) bond motifs is 1. The molecule has 132 valence electrons. The summed E-state index contributed by atoms with van der Waals surface area (Å²) in [6, 6.07) is 17.8. The second kappa shape index (κ2) is 7.81. The van der Waals surface area contributed by atoms with Gasteiger partial charge in [-0.1, -0.05) is 55.5 Å². The van der Waals surface area contributed by atoms with Gasteiger partial charge in [-0.2, -0.15) is 0 Å². The number of amides is 1. The van der Waals surface area contributed by atoms with Crippen LogP contribution in [0.2, 0.25) is 0 Å². The smallest absolute Gasteiger partial charge is 0.268 e. The van der Waals surface area contributed by atoms with Crippen molar-refractivity contribution < 1.29 is 9.53 Å². The quantitative estimate of drug-likeness (QED) is 0.751. The summed E-state index contributed by atoms with van der Waals surface area (Å²) in [6.45, 7) is 7.03. The number of nitrogens with one attached hydrogen (secondary N) is 1. The lowest BCUT2D eigenvalue weighted by atomic mass is 9.87. The van der Waals surface area contributed by atoms with Crippen LogP contribution in [0.25, 0.3) is 0 Å². The minimum absolute atomic E-state index is 0.0123. The highest BCUT2D eigenvalue weighted by Gasteiger charge is 2.52. The third-order valence-corrected chi connectivity index (χ3v) is 4.65. The number of hydrogen-bond acceptors (Lipinski definition) is 3. The number of anilines is 1. The van der Waals surface area contributed by atoms with Gasteiger partial charge < -0.3 is 15.0 Å². The van der Waals surface area contributed by atoms with E-state index >= 15 is 0 Å². The molecule has 1 atom stereocenters. The molecule has 0 aromatic heterocycles. The topological polar surface area (TPSA) is 41.6 Å². The van der Waals surface area contributed by atoms with Gasteiger partial charge in [0.05, 0.1) is 5.69 Å². The summed E-state index contributed by atoms with van der Waals surface area (Å²) >= 11 is 0. The lowest BCUT2D eigenvalue weighted by Gasteiger charge is -2.29. The highest BCUT2D eigenvalue weighted by molar-refractivity contribution is 6.09. The molecule has 1 aliphatic rings. The molecule has 0 spiro atoms. The fourth-order valence-electron chi connectivity index (χ4n) is 3.57. The molecular weight excluding hydrogens is 312 g/mol. The van der Waals surface area contributed by atoms with E-state index in [0.29, 0.717) is 13.2 Å². The van der Waals surface area contributed by atoms with Crippen molar-refractivity contribution in [1.29, 1.82) is 0 Å². The van der Waals surface area contributed by atoms with Crippen LogP contribution in [0.3, 0.4) is 0 Å². The van der Waals surface area contributed by atoms with E-state index < -0.39 is 5.60 Å². The number of benzene rings is 2. The zero-order valence-electron chi connectivity index (χ0n) is 15.0. The molecule has 0 radical (unpaired) electrons. The molecule has 0 saturated carbocycles. The number of nitrogens with zero attached hydrogens (tertiary/aromatic N) is 1. The van der Waals surface area contributed by atoms with E-state index in [1.807, 2.05) is 66.4 Å². The van der Waals surface area contributed by atoms with Crippen LogP contribution < -0.4 is 10.2 Å².